The van der Waals surface area contributed by atoms with E-state index in [0.29, 0.717) is 25.7 Å². The predicted molar refractivity (Wildman–Crippen MR) is 386 cm³/mol. The molecule has 0 heterocycles. The van der Waals surface area contributed by atoms with Crippen LogP contribution in [0, 0.1) is 17.8 Å². The van der Waals surface area contributed by atoms with Gasteiger partial charge in [-0.1, -0.05) is 337 Å². The van der Waals surface area contributed by atoms with Crippen LogP contribution in [0.1, 0.15) is 389 Å². The van der Waals surface area contributed by atoms with Gasteiger partial charge in [0, 0.05) is 25.7 Å². The van der Waals surface area contributed by atoms with Gasteiger partial charge in [0.25, 0.3) is 0 Å². The number of esters is 4. The molecule has 3 N–H and O–H groups in total. The monoisotopic (exact) mass is 1400 g/mol. The number of aliphatic hydroxyl groups excluding tert-OH is 1. The molecule has 0 rings (SSSR count). The summed E-state index contributed by atoms with van der Waals surface area (Å²) < 4.78 is 68.5. The molecule has 0 bridgehead atoms. The molecular formula is C76H148O17P2. The molecule has 0 aromatic heterocycles. The van der Waals surface area contributed by atoms with Gasteiger partial charge in [0.15, 0.2) is 12.2 Å². The van der Waals surface area contributed by atoms with Gasteiger partial charge in [0.2, 0.25) is 0 Å². The van der Waals surface area contributed by atoms with Gasteiger partial charge in [0.1, 0.15) is 19.3 Å². The van der Waals surface area contributed by atoms with Crippen LogP contribution in [0.5, 0.6) is 0 Å². The summed E-state index contributed by atoms with van der Waals surface area (Å²) in [5.74, 6) is 0.140. The minimum Gasteiger partial charge on any atom is -0.462 e. The maximum absolute atomic E-state index is 13.1. The van der Waals surface area contributed by atoms with Crippen molar-refractivity contribution in [2.75, 3.05) is 39.6 Å². The van der Waals surface area contributed by atoms with Gasteiger partial charge in [-0.2, -0.15) is 0 Å². The summed E-state index contributed by atoms with van der Waals surface area (Å²) in [6, 6.07) is 0. The fourth-order valence-electron chi connectivity index (χ4n) is 11.6. The molecule has 0 radical (unpaired) electrons. The molecule has 0 saturated heterocycles. The fraction of sp³-hybridized carbons (Fsp3) is 0.947. The van der Waals surface area contributed by atoms with Crippen molar-refractivity contribution in [3.63, 3.8) is 0 Å². The Balaban J connectivity index is 5.25. The van der Waals surface area contributed by atoms with Crippen molar-refractivity contribution in [1.82, 2.24) is 0 Å². The molecule has 0 spiro atoms. The van der Waals surface area contributed by atoms with Crippen molar-refractivity contribution >= 4 is 39.5 Å². The molecule has 2 unspecified atom stereocenters. The molecule has 564 valence electrons. The first-order chi connectivity index (χ1) is 45.7. The topological polar surface area (TPSA) is 237 Å². The van der Waals surface area contributed by atoms with E-state index < -0.39 is 97.5 Å². The van der Waals surface area contributed by atoms with Gasteiger partial charge in [-0.15, -0.1) is 0 Å². The third-order valence-electron chi connectivity index (χ3n) is 17.6. The van der Waals surface area contributed by atoms with Crippen LogP contribution in [0.15, 0.2) is 0 Å². The van der Waals surface area contributed by atoms with Crippen LogP contribution in [-0.2, 0) is 65.4 Å². The Kier molecular flexibility index (Phi) is 65.2. The Morgan fingerprint density at radius 3 is 0.716 bits per heavy atom. The number of hydrogen-bond acceptors (Lipinski definition) is 15. The minimum atomic E-state index is -4.96. The summed E-state index contributed by atoms with van der Waals surface area (Å²) in [6.07, 6.45) is 52.7. The van der Waals surface area contributed by atoms with Crippen LogP contribution >= 0.6 is 15.6 Å². The molecular weight excluding hydrogens is 1250 g/mol. The highest BCUT2D eigenvalue weighted by molar-refractivity contribution is 7.47. The molecule has 17 nitrogen and oxygen atoms in total. The largest absolute Gasteiger partial charge is 0.472 e. The van der Waals surface area contributed by atoms with E-state index in [9.17, 15) is 43.2 Å². The zero-order valence-corrected chi connectivity index (χ0v) is 63.9. The number of carbonyl (C=O) groups excluding carboxylic acids is 4. The summed E-state index contributed by atoms with van der Waals surface area (Å²) in [7, 11) is -9.91. The van der Waals surface area contributed by atoms with Crippen molar-refractivity contribution in [2.45, 2.75) is 407 Å². The van der Waals surface area contributed by atoms with Gasteiger partial charge < -0.3 is 33.8 Å². The van der Waals surface area contributed by atoms with Crippen molar-refractivity contribution in [3.8, 4) is 0 Å². The van der Waals surface area contributed by atoms with E-state index in [1.165, 1.54) is 199 Å². The van der Waals surface area contributed by atoms with Crippen LogP contribution in [0.4, 0.5) is 0 Å². The number of hydrogen-bond donors (Lipinski definition) is 3. The lowest BCUT2D eigenvalue weighted by molar-refractivity contribution is -0.161. The molecule has 0 aliphatic heterocycles. The summed E-state index contributed by atoms with van der Waals surface area (Å²) >= 11 is 0. The average Bonchev–Trinajstić information content (AvgIpc) is 1.58. The highest BCUT2D eigenvalue weighted by Crippen LogP contribution is 2.45. The van der Waals surface area contributed by atoms with E-state index in [1.807, 2.05) is 0 Å². The van der Waals surface area contributed by atoms with Crippen LogP contribution in [0.2, 0.25) is 0 Å². The first kappa shape index (κ1) is 93.1. The van der Waals surface area contributed by atoms with E-state index in [4.69, 9.17) is 37.0 Å². The Bertz CT molecular complexity index is 1850. The Morgan fingerprint density at radius 1 is 0.284 bits per heavy atom. The Morgan fingerprint density at radius 2 is 0.484 bits per heavy atom. The number of phosphoric acid groups is 2. The number of unbranched alkanes of at least 4 members (excludes halogenated alkanes) is 42. The molecule has 0 aromatic rings. The number of aliphatic hydroxyl groups is 1. The number of phosphoric ester groups is 2. The van der Waals surface area contributed by atoms with E-state index in [1.54, 1.807) is 0 Å². The van der Waals surface area contributed by atoms with Crippen LogP contribution in [0.25, 0.3) is 0 Å². The predicted octanol–water partition coefficient (Wildman–Crippen LogP) is 22.2. The summed E-state index contributed by atoms with van der Waals surface area (Å²) in [4.78, 5) is 72.8. The van der Waals surface area contributed by atoms with E-state index >= 15 is 0 Å². The van der Waals surface area contributed by atoms with Gasteiger partial charge in [-0.3, -0.25) is 37.3 Å². The minimum absolute atomic E-state index is 0.105. The lowest BCUT2D eigenvalue weighted by atomic mass is 10.0. The highest BCUT2D eigenvalue weighted by atomic mass is 31.2. The summed E-state index contributed by atoms with van der Waals surface area (Å²) in [5, 5.41) is 10.6. The number of ether oxygens (including phenoxy) is 4. The van der Waals surface area contributed by atoms with Crippen molar-refractivity contribution in [3.05, 3.63) is 0 Å². The third kappa shape index (κ3) is 70.3. The van der Waals surface area contributed by atoms with Gasteiger partial charge in [-0.25, -0.2) is 9.13 Å². The smallest absolute Gasteiger partial charge is 0.462 e. The molecule has 0 aliphatic carbocycles. The van der Waals surface area contributed by atoms with Gasteiger partial charge in [-0.05, 0) is 43.4 Å². The summed E-state index contributed by atoms with van der Waals surface area (Å²) in [6.45, 7) is 11.9. The van der Waals surface area contributed by atoms with Crippen molar-refractivity contribution in [2.24, 2.45) is 17.8 Å². The van der Waals surface area contributed by atoms with E-state index in [-0.39, 0.29) is 25.7 Å². The molecule has 0 fully saturated rings. The standard InChI is InChI=1S/C76H148O17P2/c1-8-9-10-11-12-13-14-15-16-20-23-28-36-43-50-57-73(78)86-63-71(92-75(80)59-52-45-38-29-24-21-18-17-19-22-26-33-40-47-54-67(2)3)65-90-94(82,83)88-61-70(77)62-89-95(84,85)91-66-72(64-87-74(79)58-51-44-37-32-31-35-42-49-56-69(6)7)93-76(81)60-53-46-39-30-25-27-34-41-48-55-68(4)5/h67-72,77H,8-66H2,1-7H3,(H,82,83)(H,84,85)/t70-,71-,72-/m1/s1. The van der Waals surface area contributed by atoms with Crippen LogP contribution in [0.3, 0.4) is 0 Å². The molecule has 0 aliphatic rings. The molecule has 95 heavy (non-hydrogen) atoms. The van der Waals surface area contributed by atoms with Crippen LogP contribution in [-0.4, -0.2) is 96.7 Å². The lowest BCUT2D eigenvalue weighted by Gasteiger charge is -2.21. The van der Waals surface area contributed by atoms with Crippen molar-refractivity contribution in [1.29, 1.82) is 0 Å². The number of rotatable bonds is 74. The fourth-order valence-corrected chi connectivity index (χ4v) is 13.2. The first-order valence-electron chi connectivity index (χ1n) is 39.3. The van der Waals surface area contributed by atoms with Gasteiger partial charge in [0.05, 0.1) is 26.4 Å². The maximum atomic E-state index is 13.1. The quantitative estimate of drug-likeness (QED) is 0.0222. The SMILES string of the molecule is CCCCCCCCCCCCCCCCCC(=O)OC[C@H](COP(=O)(O)OC[C@@H](O)COP(=O)(O)OC[C@@H](COC(=O)CCCCCCCCCCC(C)C)OC(=O)CCCCCCCCCCCC(C)C)OC(=O)CCCCCCCCCCCCCCCCC(C)C. The molecule has 19 heteroatoms. The zero-order chi connectivity index (χ0) is 70.1. The number of carbonyl (C=O) groups is 4. The Labute approximate surface area is 581 Å². The van der Waals surface area contributed by atoms with Crippen molar-refractivity contribution < 1.29 is 80.2 Å². The lowest BCUT2D eigenvalue weighted by Crippen LogP contribution is -2.30. The normalized spacial score (nSPS) is 14.1. The molecule has 0 amide bonds. The Hall–Kier alpha value is -1.94. The molecule has 0 saturated carbocycles. The molecule has 5 atom stereocenters. The van der Waals surface area contributed by atoms with Crippen LogP contribution < -0.4 is 0 Å². The maximum Gasteiger partial charge on any atom is 0.472 e. The van der Waals surface area contributed by atoms with E-state index in [2.05, 4.69) is 48.5 Å². The second-order valence-corrected chi connectivity index (χ2v) is 31.7. The third-order valence-corrected chi connectivity index (χ3v) is 19.5. The van der Waals surface area contributed by atoms with E-state index in [0.717, 1.165) is 108 Å². The average molecular weight is 1400 g/mol. The highest BCUT2D eigenvalue weighted by Gasteiger charge is 2.30. The summed E-state index contributed by atoms with van der Waals surface area (Å²) in [5.41, 5.74) is 0. The zero-order valence-electron chi connectivity index (χ0n) is 62.1. The second-order valence-electron chi connectivity index (χ2n) is 28.8. The molecule has 0 aromatic carbocycles. The van der Waals surface area contributed by atoms with Gasteiger partial charge >= 0.3 is 39.5 Å². The first-order valence-corrected chi connectivity index (χ1v) is 42.3. The second kappa shape index (κ2) is 66.6.